The average molecular weight is 500 g/mol. The van der Waals surface area contributed by atoms with Crippen LogP contribution in [0.25, 0.3) is 6.08 Å². The lowest BCUT2D eigenvalue weighted by atomic mass is 10.1. The van der Waals surface area contributed by atoms with E-state index in [1.54, 1.807) is 54.6 Å². The fourth-order valence-corrected chi connectivity index (χ4v) is 3.62. The summed E-state index contributed by atoms with van der Waals surface area (Å²) in [4.78, 5) is 29.5. The Hall–Kier alpha value is -4.39. The average Bonchev–Trinajstić information content (AvgIpc) is 3.26. The van der Waals surface area contributed by atoms with Gasteiger partial charge in [0.2, 0.25) is 5.90 Å². The fourth-order valence-electron chi connectivity index (χ4n) is 3.62. The van der Waals surface area contributed by atoms with Gasteiger partial charge < -0.3 is 18.9 Å². The number of nitrogens with zero attached hydrogens (tertiary/aromatic N) is 1. The van der Waals surface area contributed by atoms with Gasteiger partial charge in [-0.05, 0) is 80.4 Å². The lowest BCUT2D eigenvalue weighted by Gasteiger charge is -2.11. The Kier molecular flexibility index (Phi) is 8.36. The molecule has 0 fully saturated rings. The van der Waals surface area contributed by atoms with Crippen molar-refractivity contribution in [2.45, 2.75) is 33.6 Å². The number of esters is 2. The van der Waals surface area contributed by atoms with Gasteiger partial charge in [0, 0.05) is 5.56 Å². The van der Waals surface area contributed by atoms with E-state index in [9.17, 15) is 9.59 Å². The summed E-state index contributed by atoms with van der Waals surface area (Å²) < 4.78 is 22.3. The first-order valence-electron chi connectivity index (χ1n) is 12.3. The quantitative estimate of drug-likeness (QED) is 0.144. The van der Waals surface area contributed by atoms with Gasteiger partial charge in [-0.25, -0.2) is 14.6 Å². The molecule has 0 saturated heterocycles. The van der Waals surface area contributed by atoms with Crippen LogP contribution in [0.15, 0.2) is 77.4 Å². The van der Waals surface area contributed by atoms with Gasteiger partial charge in [0.25, 0.3) is 0 Å². The Morgan fingerprint density at radius 1 is 0.973 bits per heavy atom. The summed E-state index contributed by atoms with van der Waals surface area (Å²) in [6.45, 7) is 6.88. The normalized spacial score (nSPS) is 13.8. The minimum atomic E-state index is -0.550. The molecule has 37 heavy (non-hydrogen) atoms. The van der Waals surface area contributed by atoms with Gasteiger partial charge in [0.15, 0.2) is 17.2 Å². The first kappa shape index (κ1) is 25.7. The third-order valence-corrected chi connectivity index (χ3v) is 5.52. The number of benzene rings is 3. The van der Waals surface area contributed by atoms with Crippen LogP contribution < -0.4 is 14.2 Å². The first-order chi connectivity index (χ1) is 18.0. The topological polar surface area (TPSA) is 83.4 Å². The lowest BCUT2D eigenvalue weighted by molar-refractivity contribution is -0.129. The molecule has 3 aromatic rings. The number of carbonyl (C=O) groups excluding carboxylic acids is 2. The number of rotatable bonds is 10. The van der Waals surface area contributed by atoms with Gasteiger partial charge in [-0.2, -0.15) is 0 Å². The predicted octanol–water partition coefficient (Wildman–Crippen LogP) is 6.14. The summed E-state index contributed by atoms with van der Waals surface area (Å²) in [5.41, 5.74) is 2.89. The summed E-state index contributed by atoms with van der Waals surface area (Å²) in [5, 5.41) is 0. The van der Waals surface area contributed by atoms with Crippen molar-refractivity contribution in [1.29, 1.82) is 0 Å². The van der Waals surface area contributed by atoms with Crippen molar-refractivity contribution in [1.82, 2.24) is 0 Å². The van der Waals surface area contributed by atoms with Crippen LogP contribution in [-0.4, -0.2) is 31.1 Å². The second kappa shape index (κ2) is 12.0. The van der Waals surface area contributed by atoms with Crippen LogP contribution in [0.3, 0.4) is 0 Å². The van der Waals surface area contributed by atoms with Crippen molar-refractivity contribution in [2.75, 3.05) is 13.2 Å². The molecule has 3 aromatic carbocycles. The molecule has 190 valence electrons. The Labute approximate surface area is 216 Å². The number of unbranched alkanes of at least 4 members (excludes halogenated alkanes) is 1. The summed E-state index contributed by atoms with van der Waals surface area (Å²) >= 11 is 0. The summed E-state index contributed by atoms with van der Waals surface area (Å²) in [7, 11) is 0. The maximum atomic E-state index is 12.6. The highest BCUT2D eigenvalue weighted by Gasteiger charge is 2.24. The number of aliphatic imine (C=N–C) groups is 1. The van der Waals surface area contributed by atoms with E-state index in [0.29, 0.717) is 35.7 Å². The highest BCUT2D eigenvalue weighted by atomic mass is 16.6. The standard InChI is InChI=1S/C30H29NO6/c1-4-6-16-35-24-13-11-22(12-14-24)28-31-25(30(33)37-28)18-21-10-15-26(27(19-21)34-5-2)36-29(32)23-9-7-8-20(3)17-23/h7-15,17-19H,4-6,16H2,1-3H3/b25-18-. The molecule has 0 spiro atoms. The molecular weight excluding hydrogens is 470 g/mol. The maximum Gasteiger partial charge on any atom is 0.363 e. The van der Waals surface area contributed by atoms with Crippen molar-refractivity contribution < 1.29 is 28.5 Å². The number of carbonyl (C=O) groups is 2. The number of aryl methyl sites for hydroxylation is 1. The van der Waals surface area contributed by atoms with Crippen LogP contribution in [0.2, 0.25) is 0 Å². The molecule has 0 saturated carbocycles. The largest absolute Gasteiger partial charge is 0.494 e. The van der Waals surface area contributed by atoms with Crippen LogP contribution in [0.4, 0.5) is 0 Å². The summed E-state index contributed by atoms with van der Waals surface area (Å²) in [6.07, 6.45) is 3.65. The van der Waals surface area contributed by atoms with Crippen molar-refractivity contribution in [3.8, 4) is 17.2 Å². The summed E-state index contributed by atoms with van der Waals surface area (Å²) in [6, 6.07) is 19.5. The van der Waals surface area contributed by atoms with E-state index in [-0.39, 0.29) is 17.3 Å². The molecule has 7 nitrogen and oxygen atoms in total. The van der Waals surface area contributed by atoms with Crippen LogP contribution in [0.1, 0.15) is 53.7 Å². The molecule has 0 aromatic heterocycles. The minimum Gasteiger partial charge on any atom is -0.494 e. The van der Waals surface area contributed by atoms with Crippen LogP contribution in [-0.2, 0) is 9.53 Å². The molecule has 0 bridgehead atoms. The Bertz CT molecular complexity index is 1340. The molecule has 0 unspecified atom stereocenters. The van der Waals surface area contributed by atoms with Gasteiger partial charge >= 0.3 is 11.9 Å². The van der Waals surface area contributed by atoms with Gasteiger partial charge in [-0.3, -0.25) is 0 Å². The second-order valence-electron chi connectivity index (χ2n) is 8.46. The van der Waals surface area contributed by atoms with E-state index >= 15 is 0 Å². The molecule has 0 amide bonds. The van der Waals surface area contributed by atoms with Crippen LogP contribution in [0, 0.1) is 6.92 Å². The zero-order chi connectivity index (χ0) is 26.2. The molecule has 0 aliphatic carbocycles. The number of hydrogen-bond donors (Lipinski definition) is 0. The van der Waals surface area contributed by atoms with E-state index in [1.807, 2.05) is 32.0 Å². The van der Waals surface area contributed by atoms with Crippen molar-refractivity contribution in [2.24, 2.45) is 4.99 Å². The van der Waals surface area contributed by atoms with Crippen molar-refractivity contribution in [3.05, 3.63) is 94.7 Å². The lowest BCUT2D eigenvalue weighted by Crippen LogP contribution is -2.10. The fraction of sp³-hybridized carbons (Fsp3) is 0.233. The van der Waals surface area contributed by atoms with Crippen LogP contribution in [0.5, 0.6) is 17.2 Å². The minimum absolute atomic E-state index is 0.158. The molecule has 1 aliphatic rings. The van der Waals surface area contributed by atoms with Gasteiger partial charge in [-0.15, -0.1) is 0 Å². The maximum absolute atomic E-state index is 12.6. The highest BCUT2D eigenvalue weighted by Crippen LogP contribution is 2.31. The molecule has 1 heterocycles. The molecule has 0 N–H and O–H groups in total. The molecule has 7 heteroatoms. The first-order valence-corrected chi connectivity index (χ1v) is 12.3. The van der Waals surface area contributed by atoms with Crippen molar-refractivity contribution >= 4 is 23.9 Å². The van der Waals surface area contributed by atoms with E-state index < -0.39 is 11.9 Å². The Balaban J connectivity index is 1.52. The number of ether oxygens (including phenoxy) is 4. The predicted molar refractivity (Wildman–Crippen MR) is 141 cm³/mol. The molecule has 4 rings (SSSR count). The number of hydrogen-bond acceptors (Lipinski definition) is 7. The SMILES string of the molecule is CCCCOc1ccc(C2=N/C(=C\c3ccc(OC(=O)c4cccc(C)c4)c(OCC)c3)C(=O)O2)cc1. The zero-order valence-corrected chi connectivity index (χ0v) is 21.2. The second-order valence-corrected chi connectivity index (χ2v) is 8.46. The van der Waals surface area contributed by atoms with E-state index in [1.165, 1.54) is 0 Å². The summed E-state index contributed by atoms with van der Waals surface area (Å²) in [5.74, 6) is 0.619. The van der Waals surface area contributed by atoms with Crippen LogP contribution >= 0.6 is 0 Å². The third-order valence-electron chi connectivity index (χ3n) is 5.52. The van der Waals surface area contributed by atoms with Gasteiger partial charge in [0.1, 0.15) is 5.75 Å². The van der Waals surface area contributed by atoms with Gasteiger partial charge in [0.05, 0.1) is 18.8 Å². The van der Waals surface area contributed by atoms with Crippen molar-refractivity contribution in [3.63, 3.8) is 0 Å². The zero-order valence-electron chi connectivity index (χ0n) is 21.2. The van der Waals surface area contributed by atoms with E-state index in [0.717, 1.165) is 24.2 Å². The van der Waals surface area contributed by atoms with E-state index in [4.69, 9.17) is 18.9 Å². The van der Waals surface area contributed by atoms with E-state index in [2.05, 4.69) is 11.9 Å². The molecular formula is C30H29NO6. The molecule has 0 atom stereocenters. The monoisotopic (exact) mass is 499 g/mol. The van der Waals surface area contributed by atoms with Gasteiger partial charge in [-0.1, -0.05) is 37.1 Å². The number of cyclic esters (lactones) is 1. The smallest absolute Gasteiger partial charge is 0.363 e. The third kappa shape index (κ3) is 6.64. The molecule has 0 radical (unpaired) electrons. The Morgan fingerprint density at radius 2 is 1.78 bits per heavy atom. The Morgan fingerprint density at radius 3 is 2.51 bits per heavy atom. The highest BCUT2D eigenvalue weighted by molar-refractivity contribution is 6.12. The molecule has 1 aliphatic heterocycles.